The number of amides is 3. The van der Waals surface area contributed by atoms with Crippen molar-refractivity contribution in [2.45, 2.75) is 61.8 Å². The van der Waals surface area contributed by atoms with Crippen LogP contribution in [0.3, 0.4) is 0 Å². The van der Waals surface area contributed by atoms with E-state index < -0.39 is 36.8 Å². The molecule has 3 fully saturated rings. The molecule has 3 aliphatic heterocycles. The topological polar surface area (TPSA) is 177 Å². The lowest BCUT2D eigenvalue weighted by molar-refractivity contribution is -0.148. The zero-order chi connectivity index (χ0) is 31.4. The molecule has 3 aromatic rings. The van der Waals surface area contributed by atoms with E-state index in [-0.39, 0.29) is 39.7 Å². The van der Waals surface area contributed by atoms with Crippen LogP contribution < -0.4 is 5.32 Å². The van der Waals surface area contributed by atoms with Gasteiger partial charge in [-0.3, -0.25) is 18.9 Å². The number of aromatic nitrogens is 2. The maximum atomic E-state index is 14.2. The Labute approximate surface area is 253 Å². The third-order valence-corrected chi connectivity index (χ3v) is 10.6. The number of hydrogen-bond donors (Lipinski definition) is 3. The summed E-state index contributed by atoms with van der Waals surface area (Å²) < 4.78 is 40.2. The third kappa shape index (κ3) is 5.36. The van der Waals surface area contributed by atoms with E-state index >= 15 is 0 Å². The molecule has 0 aliphatic carbocycles. The highest BCUT2D eigenvalue weighted by Crippen LogP contribution is 2.59. The molecule has 6 rings (SSSR count). The molecule has 0 saturated carbocycles. The zero-order valence-corrected chi connectivity index (χ0v) is 24.8. The minimum Gasteiger partial charge on any atom is -0.340 e. The first-order chi connectivity index (χ1) is 20.9. The average Bonchev–Trinajstić information content (AvgIpc) is 3.55. The zero-order valence-electron chi connectivity index (χ0n) is 23.1. The van der Waals surface area contributed by atoms with Crippen LogP contribution in [0.1, 0.15) is 64.8 Å². The molecule has 0 radical (unpaired) electrons. The summed E-state index contributed by atoms with van der Waals surface area (Å²) in [7, 11) is -5.76. The fourth-order valence-electron chi connectivity index (χ4n) is 6.14. The number of rotatable bonds is 6. The Kier molecular flexibility index (Phi) is 7.73. The van der Waals surface area contributed by atoms with Crippen molar-refractivity contribution in [1.29, 1.82) is 5.26 Å². The second-order valence-corrected chi connectivity index (χ2v) is 14.0. The van der Waals surface area contributed by atoms with Crippen LogP contribution in [0.5, 0.6) is 0 Å². The van der Waals surface area contributed by atoms with Crippen LogP contribution in [0.4, 0.5) is 8.78 Å². The van der Waals surface area contributed by atoms with Gasteiger partial charge in [0.05, 0.1) is 10.8 Å². The van der Waals surface area contributed by atoms with Gasteiger partial charge in [0.15, 0.2) is 0 Å². The molecule has 1 aromatic carbocycles. The summed E-state index contributed by atoms with van der Waals surface area (Å²) in [4.78, 5) is 70.5. The Morgan fingerprint density at radius 2 is 1.91 bits per heavy atom. The van der Waals surface area contributed by atoms with E-state index in [0.717, 1.165) is 23.5 Å². The monoisotopic (exact) mass is 644 g/mol. The first kappa shape index (κ1) is 30.2. The third-order valence-electron chi connectivity index (χ3n) is 8.48. The molecule has 44 heavy (non-hydrogen) atoms. The molecule has 2 aromatic heterocycles. The number of nitriles is 1. The number of halogens is 2. The van der Waals surface area contributed by atoms with Gasteiger partial charge in [-0.15, -0.1) is 11.3 Å². The van der Waals surface area contributed by atoms with Gasteiger partial charge in [0.25, 0.3) is 5.91 Å². The fourth-order valence-corrected chi connectivity index (χ4v) is 7.56. The first-order valence-electron chi connectivity index (χ1n) is 14.0. The molecule has 3 atom stereocenters. The Morgan fingerprint density at radius 1 is 1.14 bits per heavy atom. The van der Waals surface area contributed by atoms with Gasteiger partial charge < -0.3 is 24.9 Å². The van der Waals surface area contributed by atoms with E-state index in [1.165, 1.54) is 24.4 Å². The molecule has 16 heteroatoms. The Bertz CT molecular complexity index is 1750. The van der Waals surface area contributed by atoms with Crippen molar-refractivity contribution in [1.82, 2.24) is 25.1 Å². The van der Waals surface area contributed by atoms with E-state index in [4.69, 9.17) is 15.0 Å². The second-order valence-electron chi connectivity index (χ2n) is 11.2. The molecule has 12 nitrogen and oxygen atoms in total. The number of hydrogen-bond acceptors (Lipinski definition) is 8. The van der Waals surface area contributed by atoms with Crippen LogP contribution in [0.15, 0.2) is 36.5 Å². The molecular formula is C28H27F2N6O6PS. The Morgan fingerprint density at radius 3 is 2.64 bits per heavy atom. The standard InChI is InChI=1S/C28H27F2N6O6PS/c29-28(30,43(40,41)42)17-4-7-22-15(10-17)11-23(44-22)25(37)34-20-3-1-2-19-5-6-21(36(19)26(20)38)27(39)35-13-16(14-35)24-32-9-8-18(12-31)33-24/h4,7-11,16,19-21H,1-3,5-6,13-14H2,(H,34,37)(H2,40,41,42)/t19-,20-,21-/m0/s1. The summed E-state index contributed by atoms with van der Waals surface area (Å²) in [6, 6.07) is 6.30. The highest BCUT2D eigenvalue weighted by molar-refractivity contribution is 7.52. The second kappa shape index (κ2) is 11.3. The number of benzene rings is 1. The molecule has 0 bridgehead atoms. The van der Waals surface area contributed by atoms with Crippen LogP contribution in [0, 0.1) is 11.3 Å². The molecule has 3 N–H and O–H groups in total. The maximum absolute atomic E-state index is 14.2. The van der Waals surface area contributed by atoms with Crippen molar-refractivity contribution in [3.8, 4) is 6.07 Å². The number of fused-ring (bicyclic) bond motifs is 2. The largest absolute Gasteiger partial charge is 0.399 e. The minimum absolute atomic E-state index is 0.100. The summed E-state index contributed by atoms with van der Waals surface area (Å²) in [5, 5.41) is 12.1. The van der Waals surface area contributed by atoms with Gasteiger partial charge in [-0.1, -0.05) is 6.07 Å². The lowest BCUT2D eigenvalue weighted by Gasteiger charge is -2.41. The lowest BCUT2D eigenvalue weighted by Crippen LogP contribution is -2.58. The van der Waals surface area contributed by atoms with Crippen molar-refractivity contribution in [3.63, 3.8) is 0 Å². The molecule has 0 unspecified atom stereocenters. The smallest absolute Gasteiger partial charge is 0.340 e. The highest BCUT2D eigenvalue weighted by atomic mass is 32.1. The first-order valence-corrected chi connectivity index (χ1v) is 16.4. The lowest BCUT2D eigenvalue weighted by atomic mass is 9.97. The summed E-state index contributed by atoms with van der Waals surface area (Å²) in [5.74, 6) is -0.703. The van der Waals surface area contributed by atoms with Crippen molar-refractivity contribution in [2.24, 2.45) is 0 Å². The summed E-state index contributed by atoms with van der Waals surface area (Å²) in [6.45, 7) is 0.760. The predicted molar refractivity (Wildman–Crippen MR) is 153 cm³/mol. The van der Waals surface area contributed by atoms with Crippen molar-refractivity contribution < 1.29 is 37.5 Å². The number of thiophene rings is 1. The normalized spacial score (nSPS) is 22.7. The van der Waals surface area contributed by atoms with E-state index in [0.29, 0.717) is 55.7 Å². The molecule has 3 amide bonds. The number of nitrogens with one attached hydrogen (secondary N) is 1. The summed E-state index contributed by atoms with van der Waals surface area (Å²) >= 11 is 1.00. The predicted octanol–water partition coefficient (Wildman–Crippen LogP) is 3.06. The molecule has 3 saturated heterocycles. The molecule has 0 spiro atoms. The SMILES string of the molecule is N#Cc1ccnc(C2CN(C(=O)[C@@H]3CC[C@@H]4CCC[C@H](NC(=O)c5cc6cc(C(F)(F)P(=O)(O)O)ccc6s5)C(=O)N43)C2)n1. The van der Waals surface area contributed by atoms with E-state index in [9.17, 15) is 27.7 Å². The molecule has 230 valence electrons. The fraction of sp³-hybridized carbons (Fsp3) is 0.429. The maximum Gasteiger partial charge on any atom is 0.399 e. The summed E-state index contributed by atoms with van der Waals surface area (Å²) in [5.41, 5.74) is -5.00. The highest BCUT2D eigenvalue weighted by Gasteiger charge is 2.51. The minimum atomic E-state index is -5.76. The van der Waals surface area contributed by atoms with Crippen molar-refractivity contribution >= 4 is 46.7 Å². The van der Waals surface area contributed by atoms with Crippen LogP contribution in [-0.2, 0) is 19.8 Å². The Hall–Kier alpha value is -3.83. The van der Waals surface area contributed by atoms with Crippen LogP contribution in [-0.4, -0.2) is 78.5 Å². The van der Waals surface area contributed by atoms with Crippen LogP contribution in [0.25, 0.3) is 10.1 Å². The van der Waals surface area contributed by atoms with E-state index in [2.05, 4.69) is 15.3 Å². The van der Waals surface area contributed by atoms with Crippen molar-refractivity contribution in [3.05, 3.63) is 58.5 Å². The number of carbonyl (C=O) groups excluding carboxylic acids is 3. The Balaban J connectivity index is 1.14. The van der Waals surface area contributed by atoms with Crippen molar-refractivity contribution in [2.75, 3.05) is 13.1 Å². The number of likely N-dealkylation sites (tertiary alicyclic amines) is 1. The quantitative estimate of drug-likeness (QED) is 0.341. The number of carbonyl (C=O) groups is 3. The average molecular weight is 645 g/mol. The van der Waals surface area contributed by atoms with Gasteiger partial charge in [-0.25, -0.2) is 9.97 Å². The van der Waals surface area contributed by atoms with E-state index in [1.54, 1.807) is 9.80 Å². The number of nitrogens with zero attached hydrogens (tertiary/aromatic N) is 5. The number of alkyl halides is 2. The van der Waals surface area contributed by atoms with Crippen LogP contribution >= 0.6 is 18.9 Å². The molecule has 5 heterocycles. The van der Waals surface area contributed by atoms with Gasteiger partial charge in [0, 0.05) is 35.6 Å². The van der Waals surface area contributed by atoms with Gasteiger partial charge in [0.2, 0.25) is 11.8 Å². The van der Waals surface area contributed by atoms with Gasteiger partial charge in [-0.2, -0.15) is 14.0 Å². The van der Waals surface area contributed by atoms with Crippen LogP contribution in [0.2, 0.25) is 0 Å². The van der Waals surface area contributed by atoms with Gasteiger partial charge >= 0.3 is 13.3 Å². The molecule has 3 aliphatic rings. The summed E-state index contributed by atoms with van der Waals surface area (Å²) in [6.07, 6.45) is 4.42. The van der Waals surface area contributed by atoms with E-state index in [1.807, 2.05) is 6.07 Å². The molecular weight excluding hydrogens is 617 g/mol. The van der Waals surface area contributed by atoms with Gasteiger partial charge in [-0.05, 0) is 61.8 Å². The van der Waals surface area contributed by atoms with Gasteiger partial charge in [0.1, 0.15) is 29.7 Å².